The predicted molar refractivity (Wildman–Crippen MR) is 80.0 cm³/mol. The van der Waals surface area contributed by atoms with E-state index < -0.39 is 0 Å². The largest absolute Gasteiger partial charge is 0.484 e. The number of nitrogens with two attached hydrogens (primary N) is 1. The van der Waals surface area contributed by atoms with Crippen molar-refractivity contribution in [2.24, 2.45) is 5.73 Å². The zero-order chi connectivity index (χ0) is 14.3. The first-order valence-electron chi connectivity index (χ1n) is 6.51. The predicted octanol–water partition coefficient (Wildman–Crippen LogP) is 2.59. The van der Waals surface area contributed by atoms with Crippen molar-refractivity contribution in [2.75, 3.05) is 6.61 Å². The lowest BCUT2D eigenvalue weighted by Crippen LogP contribution is -2.37. The van der Waals surface area contributed by atoms with E-state index in [0.717, 1.165) is 22.9 Å². The van der Waals surface area contributed by atoms with E-state index in [-0.39, 0.29) is 18.6 Å². The van der Waals surface area contributed by atoms with Crippen LogP contribution in [0.4, 0.5) is 0 Å². The number of halogens is 1. The Hall–Kier alpha value is -1.07. The average Bonchev–Trinajstić information content (AvgIpc) is 2.43. The van der Waals surface area contributed by atoms with Crippen molar-refractivity contribution in [3.63, 3.8) is 0 Å². The van der Waals surface area contributed by atoms with Crippen LogP contribution in [0.3, 0.4) is 0 Å². The molecule has 0 aliphatic heterocycles. The second-order valence-corrected chi connectivity index (χ2v) is 5.18. The van der Waals surface area contributed by atoms with Crippen LogP contribution in [-0.4, -0.2) is 18.6 Å². The summed E-state index contributed by atoms with van der Waals surface area (Å²) in [6.45, 7) is 4.56. The number of carbonyl (C=O) groups is 1. The molecule has 1 aromatic rings. The summed E-state index contributed by atoms with van der Waals surface area (Å²) in [5.74, 6) is 0.564. The molecule has 0 atom stereocenters. The van der Waals surface area contributed by atoms with E-state index in [1.54, 1.807) is 0 Å². The number of carbonyl (C=O) groups excluding carboxylic acids is 1. The van der Waals surface area contributed by atoms with Crippen molar-refractivity contribution < 1.29 is 9.53 Å². The van der Waals surface area contributed by atoms with Gasteiger partial charge in [-0.3, -0.25) is 4.79 Å². The summed E-state index contributed by atoms with van der Waals surface area (Å²) in [6.07, 6.45) is 1.86. The highest BCUT2D eigenvalue weighted by Crippen LogP contribution is 2.22. The molecule has 0 aromatic heterocycles. The second kappa shape index (κ2) is 8.17. The van der Waals surface area contributed by atoms with E-state index >= 15 is 0 Å². The van der Waals surface area contributed by atoms with Gasteiger partial charge in [-0.25, -0.2) is 0 Å². The molecule has 0 spiro atoms. The third-order valence-corrected chi connectivity index (χ3v) is 3.73. The summed E-state index contributed by atoms with van der Waals surface area (Å²) in [7, 11) is 0. The van der Waals surface area contributed by atoms with Gasteiger partial charge in [-0.15, -0.1) is 0 Å². The summed E-state index contributed by atoms with van der Waals surface area (Å²) in [6, 6.07) is 5.75. The lowest BCUT2D eigenvalue weighted by Gasteiger charge is -2.15. The van der Waals surface area contributed by atoms with Crippen molar-refractivity contribution in [3.05, 3.63) is 28.2 Å². The molecule has 1 aromatic carbocycles. The molecule has 4 nitrogen and oxygen atoms in total. The molecular formula is C14H21BrN2O2. The summed E-state index contributed by atoms with van der Waals surface area (Å²) >= 11 is 3.41. The second-order valence-electron chi connectivity index (χ2n) is 4.33. The van der Waals surface area contributed by atoms with Crippen LogP contribution in [0.5, 0.6) is 5.75 Å². The fraction of sp³-hybridized carbons (Fsp3) is 0.500. The molecule has 3 N–H and O–H groups in total. The number of ether oxygens (including phenoxy) is 1. The van der Waals surface area contributed by atoms with Crippen molar-refractivity contribution in [2.45, 2.75) is 39.3 Å². The van der Waals surface area contributed by atoms with Gasteiger partial charge in [-0.1, -0.05) is 29.8 Å². The molecule has 5 heteroatoms. The monoisotopic (exact) mass is 328 g/mol. The summed E-state index contributed by atoms with van der Waals surface area (Å²) in [5.41, 5.74) is 6.57. The van der Waals surface area contributed by atoms with Crippen LogP contribution in [0.2, 0.25) is 0 Å². The van der Waals surface area contributed by atoms with Crippen molar-refractivity contribution >= 4 is 21.8 Å². The molecule has 0 heterocycles. The highest BCUT2D eigenvalue weighted by molar-refractivity contribution is 9.10. The average molecular weight is 329 g/mol. The first kappa shape index (κ1) is 16.0. The van der Waals surface area contributed by atoms with Gasteiger partial charge < -0.3 is 15.8 Å². The van der Waals surface area contributed by atoms with E-state index in [1.807, 2.05) is 18.2 Å². The fourth-order valence-corrected chi connectivity index (χ4v) is 2.12. The molecule has 0 fully saturated rings. The van der Waals surface area contributed by atoms with E-state index in [9.17, 15) is 4.79 Å². The standard InChI is InChI=1S/C14H21BrN2O2/c1-3-11(4-2)17-14(18)9-19-12-5-6-13(15)10(7-12)8-16/h5-7,11H,3-4,8-9,16H2,1-2H3,(H,17,18). The Morgan fingerprint density at radius 3 is 2.68 bits per heavy atom. The lowest BCUT2D eigenvalue weighted by atomic mass is 10.2. The first-order chi connectivity index (χ1) is 9.10. The number of hydrogen-bond donors (Lipinski definition) is 2. The Bertz CT molecular complexity index is 420. The van der Waals surface area contributed by atoms with Gasteiger partial charge in [0.05, 0.1) is 0 Å². The molecule has 19 heavy (non-hydrogen) atoms. The minimum atomic E-state index is -0.0917. The zero-order valence-electron chi connectivity index (χ0n) is 11.4. The molecule has 0 radical (unpaired) electrons. The van der Waals surface area contributed by atoms with Gasteiger partial charge in [0.15, 0.2) is 6.61 Å². The number of rotatable bonds is 7. The van der Waals surface area contributed by atoms with E-state index in [1.165, 1.54) is 0 Å². The number of amides is 1. The molecule has 1 rings (SSSR count). The van der Waals surface area contributed by atoms with Crippen LogP contribution in [-0.2, 0) is 11.3 Å². The first-order valence-corrected chi connectivity index (χ1v) is 7.30. The van der Waals surface area contributed by atoms with E-state index in [2.05, 4.69) is 35.1 Å². The molecule has 0 aliphatic rings. The van der Waals surface area contributed by atoms with Crippen LogP contribution in [0.1, 0.15) is 32.3 Å². The van der Waals surface area contributed by atoms with Crippen LogP contribution in [0.25, 0.3) is 0 Å². The Morgan fingerprint density at radius 1 is 1.42 bits per heavy atom. The molecule has 0 bridgehead atoms. The van der Waals surface area contributed by atoms with Crippen LogP contribution in [0, 0.1) is 0 Å². The smallest absolute Gasteiger partial charge is 0.258 e. The molecule has 0 unspecified atom stereocenters. The van der Waals surface area contributed by atoms with Crippen molar-refractivity contribution in [1.82, 2.24) is 5.32 Å². The van der Waals surface area contributed by atoms with Gasteiger partial charge in [0, 0.05) is 17.1 Å². The van der Waals surface area contributed by atoms with Gasteiger partial charge in [-0.05, 0) is 36.6 Å². The summed E-state index contributed by atoms with van der Waals surface area (Å²) < 4.78 is 6.41. The Balaban J connectivity index is 2.50. The topological polar surface area (TPSA) is 64.3 Å². The molecule has 0 aliphatic carbocycles. The SMILES string of the molecule is CCC(CC)NC(=O)COc1ccc(Br)c(CN)c1. The lowest BCUT2D eigenvalue weighted by molar-refractivity contribution is -0.123. The Labute approximate surface area is 122 Å². The van der Waals surface area contributed by atoms with Gasteiger partial charge in [-0.2, -0.15) is 0 Å². The van der Waals surface area contributed by atoms with Crippen LogP contribution < -0.4 is 15.8 Å². The summed E-state index contributed by atoms with van der Waals surface area (Å²) in [5, 5.41) is 2.93. The Kier molecular flexibility index (Phi) is 6.87. The fourth-order valence-electron chi connectivity index (χ4n) is 1.71. The maximum Gasteiger partial charge on any atom is 0.258 e. The highest BCUT2D eigenvalue weighted by Gasteiger charge is 2.09. The van der Waals surface area contributed by atoms with Crippen LogP contribution in [0.15, 0.2) is 22.7 Å². The van der Waals surface area contributed by atoms with E-state index in [4.69, 9.17) is 10.5 Å². The molecule has 0 saturated carbocycles. The number of benzene rings is 1. The van der Waals surface area contributed by atoms with Crippen molar-refractivity contribution in [3.8, 4) is 5.75 Å². The van der Waals surface area contributed by atoms with Gasteiger partial charge in [0.1, 0.15) is 5.75 Å². The minimum absolute atomic E-state index is 0.0299. The third kappa shape index (κ3) is 5.20. The highest BCUT2D eigenvalue weighted by atomic mass is 79.9. The quantitative estimate of drug-likeness (QED) is 0.808. The van der Waals surface area contributed by atoms with Crippen LogP contribution >= 0.6 is 15.9 Å². The van der Waals surface area contributed by atoms with Gasteiger partial charge >= 0.3 is 0 Å². The van der Waals surface area contributed by atoms with Gasteiger partial charge in [0.2, 0.25) is 0 Å². The number of hydrogen-bond acceptors (Lipinski definition) is 3. The van der Waals surface area contributed by atoms with Gasteiger partial charge in [0.25, 0.3) is 5.91 Å². The molecular weight excluding hydrogens is 308 g/mol. The maximum absolute atomic E-state index is 11.7. The summed E-state index contributed by atoms with van der Waals surface area (Å²) in [4.78, 5) is 11.7. The molecule has 106 valence electrons. The molecule has 0 saturated heterocycles. The number of nitrogens with one attached hydrogen (secondary N) is 1. The minimum Gasteiger partial charge on any atom is -0.484 e. The zero-order valence-corrected chi connectivity index (χ0v) is 13.0. The normalized spacial score (nSPS) is 10.6. The third-order valence-electron chi connectivity index (χ3n) is 2.96. The van der Waals surface area contributed by atoms with E-state index in [0.29, 0.717) is 12.3 Å². The van der Waals surface area contributed by atoms with Crippen molar-refractivity contribution in [1.29, 1.82) is 0 Å². The Morgan fingerprint density at radius 2 is 2.11 bits per heavy atom. The maximum atomic E-state index is 11.7. The molecule has 1 amide bonds.